The van der Waals surface area contributed by atoms with Crippen LogP contribution in [0.1, 0.15) is 5.56 Å². The molecule has 0 fully saturated rings. The number of rotatable bonds is 2. The molecule has 0 spiro atoms. The highest BCUT2D eigenvalue weighted by atomic mass is 31.1. The van der Waals surface area contributed by atoms with Crippen LogP contribution in [0.5, 0.6) is 0 Å². The second-order valence-electron chi connectivity index (χ2n) is 2.15. The average molecular weight is 170 g/mol. The van der Waals surface area contributed by atoms with E-state index in [9.17, 15) is 0 Å². The van der Waals surface area contributed by atoms with Gasteiger partial charge < -0.3 is 0 Å². The predicted molar refractivity (Wildman–Crippen MR) is 53.7 cm³/mol. The van der Waals surface area contributed by atoms with E-state index in [-0.39, 0.29) is 0 Å². The topological polar surface area (TPSA) is 0 Å². The number of benzene rings is 1. The van der Waals surface area contributed by atoms with E-state index in [1.165, 1.54) is 10.9 Å². The largest absolute Gasteiger partial charge is 0.133 e. The Hall–Kier alpha value is 0.0800. The lowest BCUT2D eigenvalue weighted by atomic mass is 10.2. The molecular formula is C8H12P2. The van der Waals surface area contributed by atoms with Crippen molar-refractivity contribution in [2.75, 3.05) is 6.66 Å². The maximum absolute atomic E-state index is 2.74. The van der Waals surface area contributed by atoms with Gasteiger partial charge in [0.1, 0.15) is 0 Å². The zero-order chi connectivity index (χ0) is 7.40. The van der Waals surface area contributed by atoms with Crippen molar-refractivity contribution < 1.29 is 0 Å². The molecule has 0 heterocycles. The summed E-state index contributed by atoms with van der Waals surface area (Å²) in [6.07, 6.45) is 1.07. The maximum Gasteiger partial charge on any atom is -0.0128 e. The van der Waals surface area contributed by atoms with E-state index in [0.717, 1.165) is 14.7 Å². The van der Waals surface area contributed by atoms with E-state index < -0.39 is 0 Å². The summed E-state index contributed by atoms with van der Waals surface area (Å²) in [4.78, 5) is 0. The minimum atomic E-state index is 0.920. The zero-order valence-corrected chi connectivity index (χ0v) is 8.25. The molecule has 0 aliphatic rings. The molecule has 1 rings (SSSR count). The van der Waals surface area contributed by atoms with Gasteiger partial charge in [-0.3, -0.25) is 0 Å². The van der Waals surface area contributed by atoms with Gasteiger partial charge in [-0.1, -0.05) is 32.8 Å². The summed E-state index contributed by atoms with van der Waals surface area (Å²) in [5.41, 5.74) is 1.41. The van der Waals surface area contributed by atoms with Crippen LogP contribution in [0.25, 0.3) is 0 Å². The second-order valence-corrected chi connectivity index (χ2v) is 3.64. The maximum atomic E-state index is 2.74. The molecule has 2 atom stereocenters. The van der Waals surface area contributed by atoms with E-state index in [1.54, 1.807) is 0 Å². The van der Waals surface area contributed by atoms with Crippen LogP contribution in [-0.2, 0) is 6.16 Å². The number of hydrogen-bond acceptors (Lipinski definition) is 0. The summed E-state index contributed by atoms with van der Waals surface area (Å²) >= 11 is 0. The van der Waals surface area contributed by atoms with Crippen LogP contribution in [-0.4, -0.2) is 6.66 Å². The molecule has 0 saturated carbocycles. The Morgan fingerprint density at radius 2 is 2.30 bits per heavy atom. The molecular weight excluding hydrogens is 158 g/mol. The van der Waals surface area contributed by atoms with Gasteiger partial charge >= 0.3 is 0 Å². The monoisotopic (exact) mass is 170 g/mol. The van der Waals surface area contributed by atoms with Crippen molar-refractivity contribution in [3.63, 3.8) is 0 Å². The molecule has 10 heavy (non-hydrogen) atoms. The molecule has 2 heteroatoms. The van der Waals surface area contributed by atoms with Crippen LogP contribution in [0.3, 0.4) is 0 Å². The molecule has 1 aromatic rings. The minimum absolute atomic E-state index is 0.920. The molecule has 0 amide bonds. The molecule has 1 aromatic carbocycles. The third kappa shape index (κ3) is 2.04. The molecule has 0 bridgehead atoms. The molecule has 54 valence electrons. The smallest absolute Gasteiger partial charge is 0.0128 e. The molecule has 0 nitrogen and oxygen atoms in total. The summed E-state index contributed by atoms with van der Waals surface area (Å²) < 4.78 is 0. The Labute approximate surface area is 66.4 Å². The second kappa shape index (κ2) is 4.06. The van der Waals surface area contributed by atoms with Gasteiger partial charge in [0.25, 0.3) is 0 Å². The first-order valence-corrected chi connectivity index (χ1v) is 5.65. The van der Waals surface area contributed by atoms with Gasteiger partial charge in [0, 0.05) is 0 Å². The van der Waals surface area contributed by atoms with E-state index in [4.69, 9.17) is 0 Å². The summed E-state index contributed by atoms with van der Waals surface area (Å²) in [5, 5.41) is 1.46. The Morgan fingerprint density at radius 1 is 1.50 bits per heavy atom. The van der Waals surface area contributed by atoms with Gasteiger partial charge in [-0.25, -0.2) is 0 Å². The molecule has 0 N–H and O–H groups in total. The lowest BCUT2D eigenvalue weighted by Crippen LogP contribution is -1.93. The van der Waals surface area contributed by atoms with Crippen molar-refractivity contribution >= 4 is 23.1 Å². The average Bonchev–Trinajstić information content (AvgIpc) is 2.05. The quantitative estimate of drug-likeness (QED) is 0.595. The van der Waals surface area contributed by atoms with E-state index >= 15 is 0 Å². The van der Waals surface area contributed by atoms with Gasteiger partial charge in [-0.2, -0.15) is 0 Å². The van der Waals surface area contributed by atoms with Crippen molar-refractivity contribution in [3.8, 4) is 0 Å². The third-order valence-electron chi connectivity index (χ3n) is 1.45. The van der Waals surface area contributed by atoms with Crippen LogP contribution in [0.15, 0.2) is 24.3 Å². The lowest BCUT2D eigenvalue weighted by Gasteiger charge is -1.98. The normalized spacial score (nSPS) is 11.0. The van der Waals surface area contributed by atoms with Crippen LogP contribution in [0.2, 0.25) is 0 Å². The molecule has 0 aliphatic heterocycles. The highest BCUT2D eigenvalue weighted by molar-refractivity contribution is 7.46. The summed E-state index contributed by atoms with van der Waals surface area (Å²) in [7, 11) is 3.66. The van der Waals surface area contributed by atoms with Crippen LogP contribution in [0, 0.1) is 0 Å². The summed E-state index contributed by atoms with van der Waals surface area (Å²) in [5.74, 6) is 0. The Balaban J connectivity index is 2.87. The predicted octanol–water partition coefficient (Wildman–Crippen LogP) is 2.00. The fourth-order valence-corrected chi connectivity index (χ4v) is 1.70. The van der Waals surface area contributed by atoms with E-state index in [0.29, 0.717) is 0 Å². The van der Waals surface area contributed by atoms with Crippen molar-refractivity contribution in [2.24, 2.45) is 0 Å². The lowest BCUT2D eigenvalue weighted by molar-refractivity contribution is 1.44. The zero-order valence-electron chi connectivity index (χ0n) is 6.09. The van der Waals surface area contributed by atoms with Crippen molar-refractivity contribution in [2.45, 2.75) is 6.16 Å². The standard InChI is InChI=1S/C8H12P2/c1-10-8-4-2-3-7(5-8)6-9/h2-5,10H,6,9H2,1H3. The highest BCUT2D eigenvalue weighted by Gasteiger charge is 1.89. The first-order valence-electron chi connectivity index (χ1n) is 3.33. The fourth-order valence-electron chi connectivity index (χ4n) is 0.854. The first kappa shape index (κ1) is 8.18. The summed E-state index contributed by atoms with van der Waals surface area (Å²) in [6, 6.07) is 8.75. The van der Waals surface area contributed by atoms with Crippen molar-refractivity contribution in [1.29, 1.82) is 0 Å². The molecule has 0 aromatic heterocycles. The van der Waals surface area contributed by atoms with Gasteiger partial charge in [0.05, 0.1) is 0 Å². The summed E-state index contributed by atoms with van der Waals surface area (Å²) in [6.45, 7) is 2.21. The van der Waals surface area contributed by atoms with Gasteiger partial charge in [-0.15, -0.1) is 9.24 Å². The first-order chi connectivity index (χ1) is 4.86. The molecule has 0 aliphatic carbocycles. The van der Waals surface area contributed by atoms with Crippen LogP contribution < -0.4 is 5.30 Å². The van der Waals surface area contributed by atoms with Crippen molar-refractivity contribution in [3.05, 3.63) is 29.8 Å². The van der Waals surface area contributed by atoms with E-state index in [1.807, 2.05) is 0 Å². The minimum Gasteiger partial charge on any atom is -0.133 e. The highest BCUT2D eigenvalue weighted by Crippen LogP contribution is 2.08. The molecule has 0 saturated heterocycles. The van der Waals surface area contributed by atoms with Crippen molar-refractivity contribution in [1.82, 2.24) is 0 Å². The van der Waals surface area contributed by atoms with Gasteiger partial charge in [-0.05, 0) is 23.7 Å². The SMILES string of the molecule is CPc1cccc(CP)c1. The van der Waals surface area contributed by atoms with E-state index in [2.05, 4.69) is 40.2 Å². The fraction of sp³-hybridized carbons (Fsp3) is 0.250. The molecule has 0 radical (unpaired) electrons. The number of hydrogen-bond donors (Lipinski definition) is 0. The van der Waals surface area contributed by atoms with Gasteiger partial charge in [0.2, 0.25) is 0 Å². The molecule has 2 unspecified atom stereocenters. The van der Waals surface area contributed by atoms with Crippen LogP contribution in [0.4, 0.5) is 0 Å². The Morgan fingerprint density at radius 3 is 2.90 bits per heavy atom. The van der Waals surface area contributed by atoms with Gasteiger partial charge in [0.15, 0.2) is 0 Å². The van der Waals surface area contributed by atoms with Crippen LogP contribution >= 0.6 is 17.8 Å². The Kier molecular flexibility index (Phi) is 3.32. The Bertz CT molecular complexity index is 189. The third-order valence-corrected chi connectivity index (χ3v) is 2.81.